The summed E-state index contributed by atoms with van der Waals surface area (Å²) in [6, 6.07) is 7.02. The van der Waals surface area contributed by atoms with E-state index < -0.39 is 0 Å². The number of carbonyl (C=O) groups is 3. The van der Waals surface area contributed by atoms with Crippen LogP contribution in [-0.4, -0.2) is 59.2 Å². The Balaban J connectivity index is 1.68. The van der Waals surface area contributed by atoms with E-state index in [-0.39, 0.29) is 36.2 Å². The molecule has 1 aromatic carbocycles. The van der Waals surface area contributed by atoms with E-state index in [0.717, 1.165) is 12.8 Å². The molecule has 0 radical (unpaired) electrons. The van der Waals surface area contributed by atoms with Gasteiger partial charge in [0.15, 0.2) is 0 Å². The van der Waals surface area contributed by atoms with Crippen LogP contribution in [0.2, 0.25) is 0 Å². The lowest BCUT2D eigenvalue weighted by molar-refractivity contribution is -0.140. The third-order valence-corrected chi connectivity index (χ3v) is 5.02. The maximum Gasteiger partial charge on any atom is 0.254 e. The van der Waals surface area contributed by atoms with Gasteiger partial charge in [-0.25, -0.2) is 0 Å². The van der Waals surface area contributed by atoms with E-state index in [1.54, 1.807) is 29.2 Å². The van der Waals surface area contributed by atoms with Crippen molar-refractivity contribution in [2.45, 2.75) is 38.3 Å². The van der Waals surface area contributed by atoms with Gasteiger partial charge in [0.1, 0.15) is 6.42 Å². The average molecular weight is 353 g/mol. The summed E-state index contributed by atoms with van der Waals surface area (Å²) in [4.78, 5) is 40.7. The van der Waals surface area contributed by atoms with Crippen molar-refractivity contribution in [3.8, 4) is 12.3 Å². The minimum atomic E-state index is -0.249. The first kappa shape index (κ1) is 18.0. The van der Waals surface area contributed by atoms with E-state index in [9.17, 15) is 14.4 Å². The fourth-order valence-corrected chi connectivity index (χ4v) is 3.89. The van der Waals surface area contributed by atoms with Gasteiger partial charge < -0.3 is 15.1 Å². The summed E-state index contributed by atoms with van der Waals surface area (Å²) < 4.78 is 0. The number of nitrogens with one attached hydrogen (secondary N) is 1. The van der Waals surface area contributed by atoms with Crippen molar-refractivity contribution in [2.24, 2.45) is 0 Å². The standard InChI is InChI=1S/C20H23N3O3/c1-3-14-6-5-7-15(10-14)20(26)22-12-16-8-9-17(13-22)23(16)19(25)11-18(24)21-4-2/h1,5-7,10,16-17H,4,8-9,11-13H2,2H3,(H,21,24). The van der Waals surface area contributed by atoms with E-state index in [1.807, 2.05) is 11.8 Å². The van der Waals surface area contributed by atoms with E-state index in [4.69, 9.17) is 6.42 Å². The number of terminal acetylenes is 1. The predicted octanol–water partition coefficient (Wildman–Crippen LogP) is 1.01. The van der Waals surface area contributed by atoms with Crippen LogP contribution >= 0.6 is 0 Å². The van der Waals surface area contributed by atoms with E-state index in [0.29, 0.717) is 30.8 Å². The van der Waals surface area contributed by atoms with Crippen LogP contribution in [0, 0.1) is 12.3 Å². The quantitative estimate of drug-likeness (QED) is 0.649. The number of piperazine rings is 1. The molecule has 0 aliphatic carbocycles. The van der Waals surface area contributed by atoms with Gasteiger partial charge in [0, 0.05) is 42.8 Å². The van der Waals surface area contributed by atoms with Gasteiger partial charge in [-0.2, -0.15) is 0 Å². The van der Waals surface area contributed by atoms with Crippen molar-refractivity contribution < 1.29 is 14.4 Å². The first-order chi connectivity index (χ1) is 12.5. The lowest BCUT2D eigenvalue weighted by Gasteiger charge is -2.41. The van der Waals surface area contributed by atoms with Crippen molar-refractivity contribution in [3.05, 3.63) is 35.4 Å². The van der Waals surface area contributed by atoms with Crippen molar-refractivity contribution in [1.29, 1.82) is 0 Å². The minimum Gasteiger partial charge on any atom is -0.356 e. The Morgan fingerprint density at radius 2 is 1.92 bits per heavy atom. The molecular weight excluding hydrogens is 330 g/mol. The van der Waals surface area contributed by atoms with Crippen LogP contribution in [0.1, 0.15) is 42.1 Å². The molecule has 136 valence electrons. The zero-order valence-electron chi connectivity index (χ0n) is 14.9. The molecule has 6 nitrogen and oxygen atoms in total. The number of likely N-dealkylation sites (tertiary alicyclic amines) is 1. The van der Waals surface area contributed by atoms with Gasteiger partial charge in [-0.05, 0) is 38.0 Å². The minimum absolute atomic E-state index is 0.0181. The van der Waals surface area contributed by atoms with Crippen LogP contribution in [0.3, 0.4) is 0 Å². The lowest BCUT2D eigenvalue weighted by Crippen LogP contribution is -2.57. The number of fused-ring (bicyclic) bond motifs is 2. The number of amides is 3. The van der Waals surface area contributed by atoms with Crippen LogP contribution in [0.25, 0.3) is 0 Å². The first-order valence-corrected chi connectivity index (χ1v) is 8.97. The van der Waals surface area contributed by atoms with Crippen LogP contribution in [0.5, 0.6) is 0 Å². The normalized spacial score (nSPS) is 21.2. The highest BCUT2D eigenvalue weighted by Gasteiger charge is 2.44. The Morgan fingerprint density at radius 3 is 2.54 bits per heavy atom. The highest BCUT2D eigenvalue weighted by Crippen LogP contribution is 2.31. The predicted molar refractivity (Wildman–Crippen MR) is 97.2 cm³/mol. The third-order valence-electron chi connectivity index (χ3n) is 5.02. The SMILES string of the molecule is C#Cc1cccc(C(=O)N2CC3CCC(C2)N3C(=O)CC(=O)NCC)c1. The van der Waals surface area contributed by atoms with E-state index in [1.165, 1.54) is 0 Å². The Hall–Kier alpha value is -2.81. The summed E-state index contributed by atoms with van der Waals surface area (Å²) in [5.74, 6) is 2.09. The molecule has 3 rings (SSSR count). The second-order valence-corrected chi connectivity index (χ2v) is 6.75. The van der Waals surface area contributed by atoms with Crippen LogP contribution < -0.4 is 5.32 Å². The molecule has 3 amide bonds. The molecule has 1 aromatic rings. The largest absolute Gasteiger partial charge is 0.356 e. The summed E-state index contributed by atoms with van der Waals surface area (Å²) >= 11 is 0. The molecule has 2 saturated heterocycles. The number of nitrogens with zero attached hydrogens (tertiary/aromatic N) is 2. The van der Waals surface area contributed by atoms with Crippen molar-refractivity contribution in [3.63, 3.8) is 0 Å². The number of rotatable bonds is 4. The second-order valence-electron chi connectivity index (χ2n) is 6.75. The molecular formula is C20H23N3O3. The van der Waals surface area contributed by atoms with Crippen molar-refractivity contribution in [2.75, 3.05) is 19.6 Å². The number of benzene rings is 1. The molecule has 2 bridgehead atoms. The molecule has 6 heteroatoms. The van der Waals surface area contributed by atoms with Crippen molar-refractivity contribution >= 4 is 17.7 Å². The molecule has 2 unspecified atom stereocenters. The highest BCUT2D eigenvalue weighted by atomic mass is 16.2. The molecule has 0 saturated carbocycles. The maximum atomic E-state index is 12.8. The Kier molecular flexibility index (Phi) is 5.27. The molecule has 2 fully saturated rings. The summed E-state index contributed by atoms with van der Waals surface area (Å²) in [7, 11) is 0. The summed E-state index contributed by atoms with van der Waals surface area (Å²) in [6.45, 7) is 3.33. The van der Waals surface area contributed by atoms with Gasteiger partial charge in [-0.1, -0.05) is 12.0 Å². The topological polar surface area (TPSA) is 69.7 Å². The third kappa shape index (κ3) is 3.57. The molecule has 0 spiro atoms. The Morgan fingerprint density at radius 1 is 1.23 bits per heavy atom. The summed E-state index contributed by atoms with van der Waals surface area (Å²) in [5.41, 5.74) is 1.25. The van der Waals surface area contributed by atoms with Gasteiger partial charge in [0.05, 0.1) is 0 Å². The molecule has 2 aliphatic heterocycles. The maximum absolute atomic E-state index is 12.8. The summed E-state index contributed by atoms with van der Waals surface area (Å²) in [5, 5.41) is 2.66. The molecule has 2 atom stereocenters. The zero-order valence-corrected chi connectivity index (χ0v) is 14.9. The van der Waals surface area contributed by atoms with E-state index in [2.05, 4.69) is 11.2 Å². The average Bonchev–Trinajstić information content (AvgIpc) is 2.91. The number of hydrogen-bond donors (Lipinski definition) is 1. The Labute approximate surface area is 153 Å². The van der Waals surface area contributed by atoms with E-state index >= 15 is 0 Å². The highest BCUT2D eigenvalue weighted by molar-refractivity contribution is 5.98. The smallest absolute Gasteiger partial charge is 0.254 e. The molecule has 1 N–H and O–H groups in total. The van der Waals surface area contributed by atoms with Crippen molar-refractivity contribution in [1.82, 2.24) is 15.1 Å². The van der Waals surface area contributed by atoms with Gasteiger partial charge in [-0.3, -0.25) is 14.4 Å². The van der Waals surface area contributed by atoms with Gasteiger partial charge in [0.2, 0.25) is 11.8 Å². The molecule has 0 aromatic heterocycles. The van der Waals surface area contributed by atoms with Gasteiger partial charge in [-0.15, -0.1) is 6.42 Å². The fourth-order valence-electron chi connectivity index (χ4n) is 3.89. The molecule has 2 heterocycles. The first-order valence-electron chi connectivity index (χ1n) is 8.97. The molecule has 2 aliphatic rings. The number of hydrogen-bond acceptors (Lipinski definition) is 3. The van der Waals surface area contributed by atoms with Crippen LogP contribution in [-0.2, 0) is 9.59 Å². The fraction of sp³-hybridized carbons (Fsp3) is 0.450. The van der Waals surface area contributed by atoms with Crippen LogP contribution in [0.4, 0.5) is 0 Å². The van der Waals surface area contributed by atoms with Gasteiger partial charge >= 0.3 is 0 Å². The number of carbonyl (C=O) groups excluding carboxylic acids is 3. The summed E-state index contributed by atoms with van der Waals surface area (Å²) in [6.07, 6.45) is 7.01. The second kappa shape index (κ2) is 7.61. The monoisotopic (exact) mass is 353 g/mol. The lowest BCUT2D eigenvalue weighted by atomic mass is 10.1. The van der Waals surface area contributed by atoms with Crippen LogP contribution in [0.15, 0.2) is 24.3 Å². The zero-order chi connectivity index (χ0) is 18.7. The molecule has 26 heavy (non-hydrogen) atoms. The Bertz CT molecular complexity index is 754. The van der Waals surface area contributed by atoms with Gasteiger partial charge in [0.25, 0.3) is 5.91 Å².